The lowest BCUT2D eigenvalue weighted by atomic mass is 9.86. The van der Waals surface area contributed by atoms with Crippen LogP contribution >= 0.6 is 0 Å². The SMILES string of the molecule is COCCn1c(-c2ccc(C(C)(C)C)cc2)nc2oc3cc(OC)ccc3c(=O)c2c1=O. The largest absolute Gasteiger partial charge is 0.497 e. The highest BCUT2D eigenvalue weighted by Crippen LogP contribution is 2.27. The highest BCUT2D eigenvalue weighted by molar-refractivity contribution is 5.89. The third kappa shape index (κ3) is 3.80. The third-order valence-electron chi connectivity index (χ3n) is 5.53. The Morgan fingerprint density at radius 3 is 2.38 bits per heavy atom. The Balaban J connectivity index is 2.01. The van der Waals surface area contributed by atoms with E-state index < -0.39 is 11.0 Å². The normalized spacial score (nSPS) is 11.9. The summed E-state index contributed by atoms with van der Waals surface area (Å²) in [5.74, 6) is 0.969. The summed E-state index contributed by atoms with van der Waals surface area (Å²) in [6.07, 6.45) is 0. The van der Waals surface area contributed by atoms with E-state index in [1.54, 1.807) is 25.3 Å². The summed E-state index contributed by atoms with van der Waals surface area (Å²) in [7, 11) is 3.10. The van der Waals surface area contributed by atoms with Gasteiger partial charge in [-0.15, -0.1) is 0 Å². The number of hydrogen-bond acceptors (Lipinski definition) is 6. The van der Waals surface area contributed by atoms with E-state index in [2.05, 4.69) is 25.8 Å². The van der Waals surface area contributed by atoms with E-state index in [9.17, 15) is 9.59 Å². The lowest BCUT2D eigenvalue weighted by Gasteiger charge is -2.19. The third-order valence-corrected chi connectivity index (χ3v) is 5.53. The zero-order chi connectivity index (χ0) is 23.0. The van der Waals surface area contributed by atoms with Gasteiger partial charge in [0.05, 0.1) is 25.6 Å². The second-order valence-electron chi connectivity index (χ2n) is 8.69. The van der Waals surface area contributed by atoms with Gasteiger partial charge in [0.15, 0.2) is 5.39 Å². The maximum atomic E-state index is 13.4. The molecule has 2 aromatic heterocycles. The van der Waals surface area contributed by atoms with E-state index in [-0.39, 0.29) is 23.1 Å². The van der Waals surface area contributed by atoms with Crippen molar-refractivity contribution in [2.24, 2.45) is 0 Å². The molecule has 0 aliphatic heterocycles. The topological polar surface area (TPSA) is 83.6 Å². The number of rotatable bonds is 5. The van der Waals surface area contributed by atoms with Crippen LogP contribution < -0.4 is 15.7 Å². The molecule has 7 heteroatoms. The van der Waals surface area contributed by atoms with Crippen molar-refractivity contribution in [1.82, 2.24) is 9.55 Å². The average Bonchev–Trinajstić information content (AvgIpc) is 2.77. The van der Waals surface area contributed by atoms with E-state index in [0.717, 1.165) is 11.1 Å². The molecule has 0 aliphatic carbocycles. The van der Waals surface area contributed by atoms with Crippen LogP contribution in [0.3, 0.4) is 0 Å². The summed E-state index contributed by atoms with van der Waals surface area (Å²) in [5.41, 5.74) is 1.37. The standard InChI is InChI=1S/C25H26N2O5/c1-25(2,3)16-8-6-15(7-9-16)22-26-23-20(24(29)27(22)12-13-30-4)21(28)18-11-10-17(31-5)14-19(18)32-23/h6-11,14H,12-13H2,1-5H3. The second kappa shape index (κ2) is 8.24. The van der Waals surface area contributed by atoms with Gasteiger partial charge in [-0.25, -0.2) is 0 Å². The lowest BCUT2D eigenvalue weighted by molar-refractivity contribution is 0.186. The maximum absolute atomic E-state index is 13.4. The van der Waals surface area contributed by atoms with Crippen LogP contribution in [-0.4, -0.2) is 30.4 Å². The van der Waals surface area contributed by atoms with Gasteiger partial charge in [-0.1, -0.05) is 45.0 Å². The molecule has 0 spiro atoms. The smallest absolute Gasteiger partial charge is 0.269 e. The summed E-state index contributed by atoms with van der Waals surface area (Å²) in [6.45, 7) is 6.97. The van der Waals surface area contributed by atoms with E-state index in [1.165, 1.54) is 11.7 Å². The molecule has 0 amide bonds. The van der Waals surface area contributed by atoms with Crippen LogP contribution in [0.5, 0.6) is 5.75 Å². The van der Waals surface area contributed by atoms with Gasteiger partial charge < -0.3 is 13.9 Å². The van der Waals surface area contributed by atoms with Gasteiger partial charge >= 0.3 is 0 Å². The summed E-state index contributed by atoms with van der Waals surface area (Å²) in [6, 6.07) is 12.8. The highest BCUT2D eigenvalue weighted by atomic mass is 16.5. The predicted molar refractivity (Wildman–Crippen MR) is 125 cm³/mol. The first-order valence-electron chi connectivity index (χ1n) is 10.4. The summed E-state index contributed by atoms with van der Waals surface area (Å²) < 4.78 is 17.8. The molecule has 2 heterocycles. The lowest BCUT2D eigenvalue weighted by Crippen LogP contribution is -2.29. The molecule has 0 fully saturated rings. The fourth-order valence-corrected chi connectivity index (χ4v) is 3.67. The number of methoxy groups -OCH3 is 2. The molecule has 0 unspecified atom stereocenters. The Hall–Kier alpha value is -3.45. The van der Waals surface area contributed by atoms with Crippen molar-refractivity contribution >= 4 is 22.1 Å². The van der Waals surface area contributed by atoms with Crippen molar-refractivity contribution in [2.75, 3.05) is 20.8 Å². The monoisotopic (exact) mass is 434 g/mol. The first kappa shape index (κ1) is 21.8. The number of fused-ring (bicyclic) bond motifs is 2. The molecule has 0 aliphatic rings. The van der Waals surface area contributed by atoms with Crippen molar-refractivity contribution in [3.05, 3.63) is 68.6 Å². The first-order valence-corrected chi connectivity index (χ1v) is 10.4. The zero-order valence-electron chi connectivity index (χ0n) is 18.9. The predicted octanol–water partition coefficient (Wildman–Crippen LogP) is 4.12. The first-order chi connectivity index (χ1) is 15.2. The van der Waals surface area contributed by atoms with Crippen molar-refractivity contribution in [3.8, 4) is 17.1 Å². The van der Waals surface area contributed by atoms with Gasteiger partial charge in [0, 0.05) is 18.7 Å². The Labute approximate surface area is 185 Å². The van der Waals surface area contributed by atoms with Crippen LogP contribution in [0.25, 0.3) is 33.5 Å². The van der Waals surface area contributed by atoms with Gasteiger partial charge in [-0.05, 0) is 23.1 Å². The Morgan fingerprint density at radius 1 is 1.03 bits per heavy atom. The summed E-state index contributed by atoms with van der Waals surface area (Å²) >= 11 is 0. The molecule has 4 rings (SSSR count). The van der Waals surface area contributed by atoms with Gasteiger partial charge in [0.2, 0.25) is 11.1 Å². The molecule has 0 bridgehead atoms. The number of hydrogen-bond donors (Lipinski definition) is 0. The van der Waals surface area contributed by atoms with Gasteiger partial charge in [-0.3, -0.25) is 14.2 Å². The molecular weight excluding hydrogens is 408 g/mol. The number of nitrogens with zero attached hydrogens (tertiary/aromatic N) is 2. The van der Waals surface area contributed by atoms with Crippen LogP contribution in [0.4, 0.5) is 0 Å². The minimum absolute atomic E-state index is 0.00400. The van der Waals surface area contributed by atoms with Crippen molar-refractivity contribution < 1.29 is 13.9 Å². The van der Waals surface area contributed by atoms with Gasteiger partial charge in [0.1, 0.15) is 17.2 Å². The van der Waals surface area contributed by atoms with Crippen molar-refractivity contribution in [1.29, 1.82) is 0 Å². The maximum Gasteiger partial charge on any atom is 0.269 e. The van der Waals surface area contributed by atoms with Crippen molar-refractivity contribution in [3.63, 3.8) is 0 Å². The fourth-order valence-electron chi connectivity index (χ4n) is 3.67. The fraction of sp³-hybridized carbons (Fsp3) is 0.320. The molecule has 0 saturated carbocycles. The quantitative estimate of drug-likeness (QED) is 0.440. The minimum Gasteiger partial charge on any atom is -0.497 e. The Bertz CT molecular complexity index is 1410. The van der Waals surface area contributed by atoms with Crippen LogP contribution in [0.2, 0.25) is 0 Å². The molecule has 166 valence electrons. The van der Waals surface area contributed by atoms with Crippen LogP contribution in [-0.2, 0) is 16.7 Å². The number of ether oxygens (including phenoxy) is 2. The van der Waals surface area contributed by atoms with Crippen molar-refractivity contribution in [2.45, 2.75) is 32.7 Å². The average molecular weight is 434 g/mol. The Morgan fingerprint density at radius 2 is 1.75 bits per heavy atom. The molecule has 0 atom stereocenters. The molecule has 32 heavy (non-hydrogen) atoms. The summed E-state index contributed by atoms with van der Waals surface area (Å²) in [5, 5.41) is 0.228. The van der Waals surface area contributed by atoms with Gasteiger partial charge in [-0.2, -0.15) is 4.98 Å². The number of benzene rings is 2. The molecule has 0 N–H and O–H groups in total. The van der Waals surface area contributed by atoms with E-state index in [0.29, 0.717) is 29.2 Å². The molecular formula is C25H26N2O5. The second-order valence-corrected chi connectivity index (χ2v) is 8.69. The van der Waals surface area contributed by atoms with E-state index >= 15 is 0 Å². The minimum atomic E-state index is -0.451. The van der Waals surface area contributed by atoms with Crippen LogP contribution in [0, 0.1) is 0 Å². The molecule has 0 saturated heterocycles. The number of aromatic nitrogens is 2. The van der Waals surface area contributed by atoms with E-state index in [1.807, 2.05) is 24.3 Å². The van der Waals surface area contributed by atoms with Crippen LogP contribution in [0.15, 0.2) is 56.5 Å². The molecule has 4 aromatic rings. The summed E-state index contributed by atoms with van der Waals surface area (Å²) in [4.78, 5) is 31.2. The van der Waals surface area contributed by atoms with E-state index in [4.69, 9.17) is 13.9 Å². The Kier molecular flexibility index (Phi) is 5.60. The molecule has 2 aromatic carbocycles. The van der Waals surface area contributed by atoms with Crippen LogP contribution in [0.1, 0.15) is 26.3 Å². The highest BCUT2D eigenvalue weighted by Gasteiger charge is 2.20. The zero-order valence-corrected chi connectivity index (χ0v) is 18.9. The molecule has 7 nitrogen and oxygen atoms in total. The van der Waals surface area contributed by atoms with Gasteiger partial charge in [0.25, 0.3) is 5.56 Å². The molecule has 0 radical (unpaired) electrons.